The highest BCUT2D eigenvalue weighted by Gasteiger charge is 2.23. The van der Waals surface area contributed by atoms with E-state index in [-0.39, 0.29) is 12.1 Å². The molecule has 200 valence electrons. The number of hydrogen-bond donors (Lipinski definition) is 1. The minimum atomic E-state index is -0.465. The summed E-state index contributed by atoms with van der Waals surface area (Å²) in [5, 5.41) is 17.1. The van der Waals surface area contributed by atoms with Crippen molar-refractivity contribution in [3.05, 3.63) is 53.1 Å². The summed E-state index contributed by atoms with van der Waals surface area (Å²) < 4.78 is 16.6. The van der Waals surface area contributed by atoms with Crippen LogP contribution in [-0.2, 0) is 22.5 Å². The molecule has 2 heterocycles. The van der Waals surface area contributed by atoms with Gasteiger partial charge >= 0.3 is 5.97 Å². The second-order valence-electron chi connectivity index (χ2n) is 10.6. The molecule has 0 spiro atoms. The molecule has 1 aliphatic heterocycles. The van der Waals surface area contributed by atoms with Crippen molar-refractivity contribution in [2.24, 2.45) is 0 Å². The van der Waals surface area contributed by atoms with E-state index in [0.29, 0.717) is 48.2 Å². The summed E-state index contributed by atoms with van der Waals surface area (Å²) in [4.78, 5) is 18.6. The first-order chi connectivity index (χ1) is 18.1. The fourth-order valence-electron chi connectivity index (χ4n) is 4.33. The second kappa shape index (κ2) is 11.7. The molecule has 2 aromatic carbocycles. The van der Waals surface area contributed by atoms with Gasteiger partial charge in [-0.1, -0.05) is 12.1 Å². The molecule has 0 unspecified atom stereocenters. The summed E-state index contributed by atoms with van der Waals surface area (Å²) in [7, 11) is 0. The zero-order chi connectivity index (χ0) is 27.3. The molecule has 38 heavy (non-hydrogen) atoms. The number of ether oxygens (including phenoxy) is 2. The van der Waals surface area contributed by atoms with Crippen LogP contribution in [0.5, 0.6) is 5.75 Å². The summed E-state index contributed by atoms with van der Waals surface area (Å²) in [5.74, 6) is 1.18. The summed E-state index contributed by atoms with van der Waals surface area (Å²) in [6.45, 7) is 11.5. The number of anilines is 2. The Hall–Kier alpha value is -3.90. The van der Waals surface area contributed by atoms with E-state index in [1.165, 1.54) is 5.56 Å². The van der Waals surface area contributed by atoms with E-state index in [2.05, 4.69) is 44.6 Å². The van der Waals surface area contributed by atoms with Crippen LogP contribution in [0.3, 0.4) is 0 Å². The van der Waals surface area contributed by atoms with Crippen LogP contribution in [0.25, 0.3) is 11.5 Å². The highest BCUT2D eigenvalue weighted by molar-refractivity contribution is 5.70. The van der Waals surface area contributed by atoms with Crippen LogP contribution >= 0.6 is 0 Å². The first-order valence-corrected chi connectivity index (χ1v) is 13.0. The minimum Gasteiger partial charge on any atom is -0.490 e. The van der Waals surface area contributed by atoms with Gasteiger partial charge in [-0.05, 0) is 88.0 Å². The number of nitrogens with zero attached hydrogens (tertiary/aromatic N) is 4. The lowest BCUT2D eigenvalue weighted by Gasteiger charge is -2.28. The number of benzene rings is 2. The molecule has 1 aliphatic rings. The Balaban J connectivity index is 1.42. The molecule has 0 fully saturated rings. The van der Waals surface area contributed by atoms with Crippen molar-refractivity contribution in [2.45, 2.75) is 72.1 Å². The van der Waals surface area contributed by atoms with Crippen molar-refractivity contribution >= 4 is 17.6 Å². The van der Waals surface area contributed by atoms with Crippen molar-refractivity contribution < 1.29 is 18.8 Å². The van der Waals surface area contributed by atoms with Gasteiger partial charge in [0, 0.05) is 30.9 Å². The third kappa shape index (κ3) is 6.90. The lowest BCUT2D eigenvalue weighted by molar-refractivity contribution is -0.154. The van der Waals surface area contributed by atoms with E-state index in [0.717, 1.165) is 30.6 Å². The molecule has 9 nitrogen and oxygen atoms in total. The number of carbonyl (C=O) groups is 1. The molecule has 0 aliphatic carbocycles. The molecule has 9 heteroatoms. The number of aromatic nitrogens is 2. The van der Waals surface area contributed by atoms with E-state index >= 15 is 0 Å². The van der Waals surface area contributed by atoms with Gasteiger partial charge in [0.2, 0.25) is 0 Å². The summed E-state index contributed by atoms with van der Waals surface area (Å²) in [5.41, 5.74) is 4.05. The van der Waals surface area contributed by atoms with E-state index in [1.807, 2.05) is 40.7 Å². The van der Waals surface area contributed by atoms with Gasteiger partial charge in [0.15, 0.2) is 0 Å². The van der Waals surface area contributed by atoms with Crippen molar-refractivity contribution in [1.29, 1.82) is 5.26 Å². The predicted octanol–water partition coefficient (Wildman–Crippen LogP) is 5.30. The Morgan fingerprint density at radius 2 is 2.05 bits per heavy atom. The quantitative estimate of drug-likeness (QED) is 0.298. The van der Waals surface area contributed by atoms with Crippen LogP contribution in [0.1, 0.15) is 64.2 Å². The molecule has 0 amide bonds. The molecular formula is C29H35N5O4. The summed E-state index contributed by atoms with van der Waals surface area (Å²) >= 11 is 0. The third-order valence-electron chi connectivity index (χ3n) is 5.88. The van der Waals surface area contributed by atoms with Crippen molar-refractivity contribution in [3.63, 3.8) is 0 Å². The second-order valence-corrected chi connectivity index (χ2v) is 10.6. The Bertz CT molecular complexity index is 1320. The highest BCUT2D eigenvalue weighted by atomic mass is 16.6. The predicted molar refractivity (Wildman–Crippen MR) is 144 cm³/mol. The molecule has 1 aromatic heterocycles. The van der Waals surface area contributed by atoms with Crippen LogP contribution < -0.4 is 15.0 Å². The lowest BCUT2D eigenvalue weighted by Crippen LogP contribution is -2.27. The van der Waals surface area contributed by atoms with E-state index in [4.69, 9.17) is 14.0 Å². The molecule has 0 radical (unpaired) electrons. The van der Waals surface area contributed by atoms with Gasteiger partial charge in [0.25, 0.3) is 11.8 Å². The van der Waals surface area contributed by atoms with Crippen LogP contribution in [-0.4, -0.2) is 40.9 Å². The maximum absolute atomic E-state index is 11.9. The maximum atomic E-state index is 11.9. The first-order valence-electron chi connectivity index (χ1n) is 13.0. The molecule has 0 saturated carbocycles. The summed E-state index contributed by atoms with van der Waals surface area (Å²) in [6, 6.07) is 13.8. The van der Waals surface area contributed by atoms with E-state index < -0.39 is 5.60 Å². The number of rotatable bonds is 9. The Kier molecular flexibility index (Phi) is 8.32. The topological polar surface area (TPSA) is 114 Å². The number of nitriles is 1. The largest absolute Gasteiger partial charge is 0.490 e. The number of fused-ring (bicyclic) bond motifs is 1. The Morgan fingerprint density at radius 1 is 1.24 bits per heavy atom. The number of nitrogens with one attached hydrogen (secondary N) is 1. The fourth-order valence-corrected chi connectivity index (χ4v) is 4.33. The fraction of sp³-hybridized carbons (Fsp3) is 0.448. The molecule has 0 atom stereocenters. The van der Waals surface area contributed by atoms with Gasteiger partial charge in [0.1, 0.15) is 17.4 Å². The Labute approximate surface area is 223 Å². The van der Waals surface area contributed by atoms with Crippen LogP contribution in [0.2, 0.25) is 0 Å². The average molecular weight is 518 g/mol. The smallest absolute Gasteiger partial charge is 0.307 e. The van der Waals surface area contributed by atoms with E-state index in [9.17, 15) is 10.1 Å². The molecule has 4 rings (SSSR count). The standard InChI is InChI=1S/C29H35N5O4/c1-19(2)36-25-11-9-22(16-23(25)17-30)27-32-28(33-38-27)34-14-6-7-21-15-20(8-10-24(21)34)18-31-13-12-26(35)37-29(3,4)5/h8-11,15-16,19,31H,6-7,12-14,18H2,1-5H3. The van der Waals surface area contributed by atoms with Gasteiger partial charge in [-0.15, -0.1) is 0 Å². The minimum absolute atomic E-state index is 0.0318. The van der Waals surface area contributed by atoms with Crippen molar-refractivity contribution in [3.8, 4) is 23.3 Å². The first kappa shape index (κ1) is 27.1. The Morgan fingerprint density at radius 3 is 2.79 bits per heavy atom. The molecule has 1 N–H and O–H groups in total. The lowest BCUT2D eigenvalue weighted by atomic mass is 9.99. The zero-order valence-electron chi connectivity index (χ0n) is 22.7. The van der Waals surface area contributed by atoms with Crippen LogP contribution in [0, 0.1) is 11.3 Å². The summed E-state index contributed by atoms with van der Waals surface area (Å²) in [6.07, 6.45) is 2.23. The molecule has 0 bridgehead atoms. The average Bonchev–Trinajstić information content (AvgIpc) is 3.35. The van der Waals surface area contributed by atoms with Gasteiger partial charge < -0.3 is 24.2 Å². The zero-order valence-corrected chi connectivity index (χ0v) is 22.7. The maximum Gasteiger partial charge on any atom is 0.307 e. The van der Waals surface area contributed by atoms with Crippen molar-refractivity contribution in [2.75, 3.05) is 18.0 Å². The van der Waals surface area contributed by atoms with Crippen molar-refractivity contribution in [1.82, 2.24) is 15.5 Å². The van der Waals surface area contributed by atoms with Gasteiger partial charge in [-0.25, -0.2) is 0 Å². The molecular weight excluding hydrogens is 482 g/mol. The normalized spacial score (nSPS) is 13.2. The number of aryl methyl sites for hydroxylation is 1. The number of esters is 1. The monoisotopic (exact) mass is 517 g/mol. The van der Waals surface area contributed by atoms with Gasteiger partial charge in [-0.3, -0.25) is 4.79 Å². The third-order valence-corrected chi connectivity index (χ3v) is 5.88. The van der Waals surface area contributed by atoms with Gasteiger partial charge in [0.05, 0.1) is 18.1 Å². The molecule has 0 saturated heterocycles. The number of hydrogen-bond acceptors (Lipinski definition) is 9. The number of carbonyl (C=O) groups excluding carboxylic acids is 1. The van der Waals surface area contributed by atoms with Crippen LogP contribution in [0.4, 0.5) is 11.6 Å². The van der Waals surface area contributed by atoms with E-state index in [1.54, 1.807) is 12.1 Å². The highest BCUT2D eigenvalue weighted by Crippen LogP contribution is 2.34. The van der Waals surface area contributed by atoms with Gasteiger partial charge in [-0.2, -0.15) is 10.2 Å². The van der Waals surface area contributed by atoms with Crippen LogP contribution in [0.15, 0.2) is 40.9 Å². The molecule has 3 aromatic rings. The SMILES string of the molecule is CC(C)Oc1ccc(-c2nc(N3CCCc4cc(CNCCC(=O)OC(C)(C)C)ccc43)no2)cc1C#N.